The highest BCUT2D eigenvalue weighted by molar-refractivity contribution is 6.29. The van der Waals surface area contributed by atoms with Gasteiger partial charge >= 0.3 is 0 Å². The second kappa shape index (κ2) is 5.27. The molecule has 102 valence electrons. The molecule has 0 saturated heterocycles. The van der Waals surface area contributed by atoms with E-state index in [0.29, 0.717) is 11.3 Å². The number of hydrogen-bond donors (Lipinski definition) is 1. The first-order valence-corrected chi connectivity index (χ1v) is 6.36. The van der Waals surface area contributed by atoms with Gasteiger partial charge < -0.3 is 9.88 Å². The number of hydrogen-bond acceptors (Lipinski definition) is 3. The Labute approximate surface area is 116 Å². The minimum absolute atomic E-state index is 0.0486. The average molecular weight is 283 g/mol. The molecule has 0 aromatic carbocycles. The molecule has 1 unspecified atom stereocenters. The van der Waals surface area contributed by atoms with E-state index in [0.717, 1.165) is 11.5 Å². The van der Waals surface area contributed by atoms with E-state index in [9.17, 15) is 4.39 Å². The number of aryl methyl sites for hydroxylation is 1. The lowest BCUT2D eigenvalue weighted by Gasteiger charge is -2.14. The summed E-state index contributed by atoms with van der Waals surface area (Å²) in [7, 11) is 3.77. The van der Waals surface area contributed by atoms with Crippen LogP contribution in [0.2, 0.25) is 5.15 Å². The molecule has 1 N–H and O–H groups in total. The molecule has 0 aliphatic heterocycles. The Morgan fingerprint density at radius 3 is 2.79 bits per heavy atom. The fraction of sp³-hybridized carbons (Fsp3) is 0.385. The van der Waals surface area contributed by atoms with Crippen molar-refractivity contribution in [1.82, 2.24) is 19.9 Å². The van der Waals surface area contributed by atoms with Crippen molar-refractivity contribution < 1.29 is 4.39 Å². The summed E-state index contributed by atoms with van der Waals surface area (Å²) in [5, 5.41) is 3.01. The summed E-state index contributed by atoms with van der Waals surface area (Å²) in [6, 6.07) is 1.64. The van der Waals surface area contributed by atoms with Crippen LogP contribution in [0.1, 0.15) is 24.5 Å². The van der Waals surface area contributed by atoms with Gasteiger partial charge in [0.15, 0.2) is 11.0 Å². The predicted octanol–water partition coefficient (Wildman–Crippen LogP) is 2.86. The van der Waals surface area contributed by atoms with Gasteiger partial charge in [0, 0.05) is 24.8 Å². The van der Waals surface area contributed by atoms with E-state index >= 15 is 0 Å². The highest BCUT2D eigenvalue weighted by Crippen LogP contribution is 2.31. The quantitative estimate of drug-likeness (QED) is 0.880. The Morgan fingerprint density at radius 1 is 1.47 bits per heavy atom. The molecule has 0 radical (unpaired) electrons. The topological polar surface area (TPSA) is 42.7 Å². The van der Waals surface area contributed by atoms with Crippen LogP contribution in [-0.2, 0) is 7.05 Å². The average Bonchev–Trinajstić information content (AvgIpc) is 2.68. The van der Waals surface area contributed by atoms with Crippen LogP contribution in [0.25, 0.3) is 11.3 Å². The summed E-state index contributed by atoms with van der Waals surface area (Å²) < 4.78 is 16.1. The van der Waals surface area contributed by atoms with Gasteiger partial charge in [0.2, 0.25) is 0 Å². The number of halogens is 2. The van der Waals surface area contributed by atoms with Crippen molar-refractivity contribution >= 4 is 11.6 Å². The van der Waals surface area contributed by atoms with Crippen molar-refractivity contribution in [2.24, 2.45) is 7.05 Å². The Hall–Kier alpha value is -1.46. The molecular formula is C13H16ClFN4. The molecule has 6 heteroatoms. The van der Waals surface area contributed by atoms with Crippen LogP contribution in [0, 0.1) is 12.7 Å². The molecule has 0 fully saturated rings. The summed E-state index contributed by atoms with van der Waals surface area (Å²) in [6.45, 7) is 3.89. The molecule has 0 amide bonds. The number of nitrogens with one attached hydrogen (secondary N) is 1. The third-order valence-electron chi connectivity index (χ3n) is 3.31. The van der Waals surface area contributed by atoms with Gasteiger partial charge in [0.05, 0.1) is 11.4 Å². The largest absolute Gasteiger partial charge is 0.333 e. The third-order valence-corrected chi connectivity index (χ3v) is 3.57. The molecule has 2 heterocycles. The molecule has 0 aliphatic rings. The standard InChI is InChI=1S/C13H16ClFN4/c1-7(16-3)12-11(18-8(2)19(12)4)9-5-6-17-13(14)10(9)15/h5-7,16H,1-4H3. The van der Waals surface area contributed by atoms with E-state index in [4.69, 9.17) is 11.6 Å². The SMILES string of the molecule is CNC(C)c1c(-c2ccnc(Cl)c2F)nc(C)n1C. The molecule has 4 nitrogen and oxygen atoms in total. The summed E-state index contributed by atoms with van der Waals surface area (Å²) in [5.74, 6) is 0.284. The van der Waals surface area contributed by atoms with Crippen molar-refractivity contribution in [2.75, 3.05) is 7.05 Å². The Bertz CT molecular complexity index is 609. The summed E-state index contributed by atoms with van der Waals surface area (Å²) >= 11 is 5.74. The summed E-state index contributed by atoms with van der Waals surface area (Å²) in [6.07, 6.45) is 1.48. The van der Waals surface area contributed by atoms with Gasteiger partial charge in [-0.3, -0.25) is 0 Å². The van der Waals surface area contributed by atoms with Crippen molar-refractivity contribution in [1.29, 1.82) is 0 Å². The number of imidazole rings is 1. The van der Waals surface area contributed by atoms with Crippen molar-refractivity contribution in [3.05, 3.63) is 34.8 Å². The summed E-state index contributed by atoms with van der Waals surface area (Å²) in [4.78, 5) is 8.18. The van der Waals surface area contributed by atoms with Crippen LogP contribution in [0.5, 0.6) is 0 Å². The minimum Gasteiger partial charge on any atom is -0.333 e. The maximum Gasteiger partial charge on any atom is 0.169 e. The fourth-order valence-corrected chi connectivity index (χ4v) is 2.22. The zero-order chi connectivity index (χ0) is 14.2. The number of rotatable bonds is 3. The molecule has 2 aromatic heterocycles. The van der Waals surface area contributed by atoms with E-state index in [1.165, 1.54) is 6.20 Å². The molecular weight excluding hydrogens is 267 g/mol. The Morgan fingerprint density at radius 2 is 2.16 bits per heavy atom. The van der Waals surface area contributed by atoms with Crippen LogP contribution < -0.4 is 5.32 Å². The first kappa shape index (κ1) is 14.0. The molecule has 0 spiro atoms. The van der Waals surface area contributed by atoms with Crippen LogP contribution >= 0.6 is 11.6 Å². The van der Waals surface area contributed by atoms with E-state index in [2.05, 4.69) is 15.3 Å². The zero-order valence-electron chi connectivity index (χ0n) is 11.3. The molecule has 0 bridgehead atoms. The van der Waals surface area contributed by atoms with Crippen molar-refractivity contribution in [3.63, 3.8) is 0 Å². The predicted molar refractivity (Wildman–Crippen MR) is 73.6 cm³/mol. The van der Waals surface area contributed by atoms with Crippen LogP contribution in [0.15, 0.2) is 12.3 Å². The second-order valence-electron chi connectivity index (χ2n) is 4.43. The molecule has 0 saturated carbocycles. The maximum atomic E-state index is 14.1. The monoisotopic (exact) mass is 282 g/mol. The number of aromatic nitrogens is 3. The van der Waals surface area contributed by atoms with Crippen LogP contribution in [0.4, 0.5) is 4.39 Å². The fourth-order valence-electron chi connectivity index (χ4n) is 2.06. The van der Waals surface area contributed by atoms with Gasteiger partial charge in [-0.25, -0.2) is 14.4 Å². The lowest BCUT2D eigenvalue weighted by Crippen LogP contribution is -2.17. The molecule has 1 atom stereocenters. The van der Waals surface area contributed by atoms with Gasteiger partial charge in [-0.2, -0.15) is 0 Å². The number of pyridine rings is 1. The molecule has 2 rings (SSSR count). The minimum atomic E-state index is -0.535. The molecule has 0 aliphatic carbocycles. The third kappa shape index (κ3) is 2.35. The normalized spacial score (nSPS) is 12.7. The maximum absolute atomic E-state index is 14.1. The highest BCUT2D eigenvalue weighted by atomic mass is 35.5. The van der Waals surface area contributed by atoms with Crippen LogP contribution in [-0.4, -0.2) is 21.6 Å². The van der Waals surface area contributed by atoms with Gasteiger partial charge in [-0.1, -0.05) is 11.6 Å². The van der Waals surface area contributed by atoms with Crippen LogP contribution in [0.3, 0.4) is 0 Å². The van der Waals surface area contributed by atoms with Gasteiger partial charge in [-0.15, -0.1) is 0 Å². The van der Waals surface area contributed by atoms with Gasteiger partial charge in [0.1, 0.15) is 5.82 Å². The van der Waals surface area contributed by atoms with E-state index in [1.54, 1.807) is 6.07 Å². The second-order valence-corrected chi connectivity index (χ2v) is 4.78. The number of nitrogens with zero attached hydrogens (tertiary/aromatic N) is 3. The van der Waals surface area contributed by atoms with Crippen molar-refractivity contribution in [2.45, 2.75) is 19.9 Å². The Kier molecular flexibility index (Phi) is 3.87. The van der Waals surface area contributed by atoms with E-state index in [-0.39, 0.29) is 11.2 Å². The van der Waals surface area contributed by atoms with E-state index in [1.807, 2.05) is 32.5 Å². The van der Waals surface area contributed by atoms with Gasteiger partial charge in [-0.05, 0) is 27.0 Å². The molecule has 19 heavy (non-hydrogen) atoms. The highest BCUT2D eigenvalue weighted by Gasteiger charge is 2.21. The Balaban J connectivity index is 2.69. The lowest BCUT2D eigenvalue weighted by molar-refractivity contribution is 0.599. The first-order chi connectivity index (χ1) is 8.97. The molecule has 2 aromatic rings. The lowest BCUT2D eigenvalue weighted by atomic mass is 10.1. The summed E-state index contributed by atoms with van der Waals surface area (Å²) in [5.41, 5.74) is 1.89. The zero-order valence-corrected chi connectivity index (χ0v) is 12.1. The van der Waals surface area contributed by atoms with Gasteiger partial charge in [0.25, 0.3) is 0 Å². The first-order valence-electron chi connectivity index (χ1n) is 5.98. The van der Waals surface area contributed by atoms with E-state index < -0.39 is 5.82 Å². The smallest absolute Gasteiger partial charge is 0.169 e. The van der Waals surface area contributed by atoms with Crippen molar-refractivity contribution in [3.8, 4) is 11.3 Å².